The number of para-hydroxylation sites is 1. The lowest BCUT2D eigenvalue weighted by atomic mass is 10.1. The molecular weight excluding hydrogens is 300 g/mol. The number of hydrogen-bond donors (Lipinski definition) is 3. The zero-order valence-corrected chi connectivity index (χ0v) is 14.3. The average Bonchev–Trinajstić information content (AvgIpc) is 2.61. The van der Waals surface area contributed by atoms with Crippen LogP contribution < -0.4 is 15.4 Å². The van der Waals surface area contributed by atoms with Gasteiger partial charge in [-0.3, -0.25) is 0 Å². The lowest BCUT2D eigenvalue weighted by Gasteiger charge is -2.16. The molecule has 24 heavy (non-hydrogen) atoms. The van der Waals surface area contributed by atoms with Gasteiger partial charge in [-0.15, -0.1) is 0 Å². The van der Waals surface area contributed by atoms with Crippen LogP contribution in [0.4, 0.5) is 0 Å². The molecule has 0 aliphatic rings. The van der Waals surface area contributed by atoms with Crippen molar-refractivity contribution in [3.8, 4) is 5.75 Å². The summed E-state index contributed by atoms with van der Waals surface area (Å²) in [6, 6.07) is 20.5. The van der Waals surface area contributed by atoms with Crippen LogP contribution in [0.2, 0.25) is 0 Å². The molecule has 130 valence electrons. The lowest BCUT2D eigenvalue weighted by Crippen LogP contribution is -2.38. The number of aliphatic hydroxyl groups excluding tert-OH is 1. The summed E-state index contributed by atoms with van der Waals surface area (Å²) < 4.78 is 5.52. The highest BCUT2D eigenvalue weighted by atomic mass is 16.5. The molecule has 0 aromatic heterocycles. The number of nitrogens with one attached hydrogen (secondary N) is 2. The first-order valence-electron chi connectivity index (χ1n) is 8.58. The highest BCUT2D eigenvalue weighted by molar-refractivity contribution is 5.20. The summed E-state index contributed by atoms with van der Waals surface area (Å²) in [5, 5.41) is 16.6. The quantitative estimate of drug-likeness (QED) is 0.554. The number of hydrogen-bond acceptors (Lipinski definition) is 4. The first kappa shape index (κ1) is 18.5. The van der Waals surface area contributed by atoms with Gasteiger partial charge in [-0.1, -0.05) is 48.5 Å². The molecule has 4 nitrogen and oxygen atoms in total. The van der Waals surface area contributed by atoms with Crippen LogP contribution in [0.3, 0.4) is 0 Å². The number of benzene rings is 2. The molecule has 0 radical (unpaired) electrons. The van der Waals surface area contributed by atoms with E-state index < -0.39 is 6.10 Å². The van der Waals surface area contributed by atoms with Crippen molar-refractivity contribution in [2.45, 2.75) is 25.5 Å². The summed E-state index contributed by atoms with van der Waals surface area (Å²) in [5.74, 6) is 0.785. The van der Waals surface area contributed by atoms with Crippen LogP contribution in [-0.2, 0) is 6.42 Å². The van der Waals surface area contributed by atoms with Crippen LogP contribution in [0.5, 0.6) is 5.75 Å². The van der Waals surface area contributed by atoms with Crippen molar-refractivity contribution in [3.05, 3.63) is 66.2 Å². The third-order valence-corrected chi connectivity index (χ3v) is 3.74. The third-order valence-electron chi connectivity index (χ3n) is 3.74. The van der Waals surface area contributed by atoms with Crippen LogP contribution in [0, 0.1) is 0 Å². The van der Waals surface area contributed by atoms with E-state index in [9.17, 15) is 5.11 Å². The topological polar surface area (TPSA) is 53.5 Å². The van der Waals surface area contributed by atoms with Crippen LogP contribution >= 0.6 is 0 Å². The Kier molecular flexibility index (Phi) is 8.32. The Morgan fingerprint density at radius 2 is 1.62 bits per heavy atom. The van der Waals surface area contributed by atoms with Gasteiger partial charge in [-0.05, 0) is 31.0 Å². The fourth-order valence-corrected chi connectivity index (χ4v) is 2.48. The Labute approximate surface area is 144 Å². The van der Waals surface area contributed by atoms with E-state index in [1.54, 1.807) is 0 Å². The molecule has 0 saturated heterocycles. The predicted octanol–water partition coefficient (Wildman–Crippen LogP) is 2.24. The van der Waals surface area contributed by atoms with E-state index >= 15 is 0 Å². The van der Waals surface area contributed by atoms with Crippen molar-refractivity contribution < 1.29 is 9.84 Å². The van der Waals surface area contributed by atoms with Crippen LogP contribution in [0.25, 0.3) is 0 Å². The smallest absolute Gasteiger partial charge is 0.119 e. The fraction of sp³-hybridized carbons (Fsp3) is 0.400. The Morgan fingerprint density at radius 1 is 0.958 bits per heavy atom. The number of aliphatic hydroxyl groups is 1. The van der Waals surface area contributed by atoms with Crippen LogP contribution in [-0.4, -0.2) is 43.5 Å². The molecule has 0 fully saturated rings. The van der Waals surface area contributed by atoms with E-state index in [1.165, 1.54) is 5.56 Å². The molecule has 2 aromatic carbocycles. The molecule has 2 unspecified atom stereocenters. The van der Waals surface area contributed by atoms with E-state index in [4.69, 9.17) is 4.74 Å². The first-order valence-corrected chi connectivity index (χ1v) is 8.58. The zero-order chi connectivity index (χ0) is 17.0. The maximum atomic E-state index is 9.91. The molecule has 0 aliphatic carbocycles. The predicted molar refractivity (Wildman–Crippen MR) is 98.4 cm³/mol. The van der Waals surface area contributed by atoms with Gasteiger partial charge in [-0.2, -0.15) is 0 Å². The van der Waals surface area contributed by atoms with Gasteiger partial charge in [0.15, 0.2) is 0 Å². The minimum Gasteiger partial charge on any atom is -0.491 e. The molecule has 2 atom stereocenters. The molecular formula is C20H28N2O2. The Balaban J connectivity index is 1.50. The van der Waals surface area contributed by atoms with E-state index in [0.29, 0.717) is 19.2 Å². The molecule has 4 heteroatoms. The summed E-state index contributed by atoms with van der Waals surface area (Å²) in [6.45, 7) is 4.72. The Morgan fingerprint density at radius 3 is 2.33 bits per heavy atom. The van der Waals surface area contributed by atoms with Crippen molar-refractivity contribution in [1.29, 1.82) is 0 Å². The summed E-state index contributed by atoms with van der Waals surface area (Å²) >= 11 is 0. The maximum Gasteiger partial charge on any atom is 0.119 e. The Bertz CT molecular complexity index is 548. The SMILES string of the molecule is CC(Cc1ccccc1)NCCNCC(O)COc1ccccc1. The minimum atomic E-state index is -0.507. The highest BCUT2D eigenvalue weighted by Gasteiger charge is 2.05. The second kappa shape index (κ2) is 10.8. The zero-order valence-electron chi connectivity index (χ0n) is 14.3. The largest absolute Gasteiger partial charge is 0.491 e. The Hall–Kier alpha value is -1.88. The van der Waals surface area contributed by atoms with Gasteiger partial charge in [0.1, 0.15) is 18.5 Å². The summed E-state index contributed by atoms with van der Waals surface area (Å²) in [4.78, 5) is 0. The lowest BCUT2D eigenvalue weighted by molar-refractivity contribution is 0.106. The van der Waals surface area contributed by atoms with Crippen molar-refractivity contribution in [1.82, 2.24) is 10.6 Å². The monoisotopic (exact) mass is 328 g/mol. The van der Waals surface area contributed by atoms with Gasteiger partial charge < -0.3 is 20.5 Å². The second-order valence-corrected chi connectivity index (χ2v) is 6.03. The van der Waals surface area contributed by atoms with Crippen molar-refractivity contribution in [2.75, 3.05) is 26.2 Å². The molecule has 2 rings (SSSR count). The first-order chi connectivity index (χ1) is 11.7. The molecule has 0 bridgehead atoms. The molecule has 0 amide bonds. The normalized spacial score (nSPS) is 13.4. The van der Waals surface area contributed by atoms with E-state index in [1.807, 2.05) is 36.4 Å². The van der Waals surface area contributed by atoms with Crippen molar-refractivity contribution in [3.63, 3.8) is 0 Å². The van der Waals surface area contributed by atoms with Gasteiger partial charge in [0.2, 0.25) is 0 Å². The van der Waals surface area contributed by atoms with E-state index in [-0.39, 0.29) is 0 Å². The van der Waals surface area contributed by atoms with Crippen molar-refractivity contribution in [2.24, 2.45) is 0 Å². The maximum absolute atomic E-state index is 9.91. The third kappa shape index (κ3) is 7.59. The second-order valence-electron chi connectivity index (χ2n) is 6.03. The summed E-state index contributed by atoms with van der Waals surface area (Å²) in [5.41, 5.74) is 1.35. The molecule has 0 spiro atoms. The summed E-state index contributed by atoms with van der Waals surface area (Å²) in [7, 11) is 0. The minimum absolute atomic E-state index is 0.300. The van der Waals surface area contributed by atoms with Gasteiger partial charge in [0, 0.05) is 25.7 Å². The van der Waals surface area contributed by atoms with Crippen LogP contribution in [0.15, 0.2) is 60.7 Å². The number of rotatable bonds is 11. The average molecular weight is 328 g/mol. The van der Waals surface area contributed by atoms with Gasteiger partial charge >= 0.3 is 0 Å². The van der Waals surface area contributed by atoms with E-state index in [0.717, 1.165) is 25.3 Å². The van der Waals surface area contributed by atoms with Gasteiger partial charge in [-0.25, -0.2) is 0 Å². The number of ether oxygens (including phenoxy) is 1. The molecule has 0 heterocycles. The van der Waals surface area contributed by atoms with Crippen LogP contribution in [0.1, 0.15) is 12.5 Å². The molecule has 3 N–H and O–H groups in total. The molecule has 0 aliphatic heterocycles. The highest BCUT2D eigenvalue weighted by Crippen LogP contribution is 2.08. The fourth-order valence-electron chi connectivity index (χ4n) is 2.48. The van der Waals surface area contributed by atoms with Crippen molar-refractivity contribution >= 4 is 0 Å². The standard InChI is InChI=1S/C20H28N2O2/c1-17(14-18-8-4-2-5-9-18)22-13-12-21-15-19(23)16-24-20-10-6-3-7-11-20/h2-11,17,19,21-23H,12-16H2,1H3. The van der Waals surface area contributed by atoms with E-state index in [2.05, 4.69) is 41.8 Å². The molecule has 0 saturated carbocycles. The summed E-state index contributed by atoms with van der Waals surface area (Å²) in [6.07, 6.45) is 0.515. The van der Waals surface area contributed by atoms with Gasteiger partial charge in [0.05, 0.1) is 0 Å². The van der Waals surface area contributed by atoms with Gasteiger partial charge in [0.25, 0.3) is 0 Å². The molecule has 2 aromatic rings.